The SMILES string of the molecule is CCCCCCC/C=C\C/C=C\CCCCCCCCCCCC(=O)OCC(COC(=O)CCCCCCCC)OC(=O)CCCCCCCCCCC. The van der Waals surface area contributed by atoms with Crippen LogP contribution in [0.2, 0.25) is 0 Å². The monoisotopic (exact) mass is 761 g/mol. The lowest BCUT2D eigenvalue weighted by molar-refractivity contribution is -0.167. The molecule has 0 amide bonds. The van der Waals surface area contributed by atoms with Crippen molar-refractivity contribution in [1.82, 2.24) is 0 Å². The fourth-order valence-corrected chi connectivity index (χ4v) is 6.65. The summed E-state index contributed by atoms with van der Waals surface area (Å²) in [6.07, 6.45) is 47.6. The fraction of sp³-hybridized carbons (Fsp3) is 0.854. The van der Waals surface area contributed by atoms with Gasteiger partial charge in [0.15, 0.2) is 6.10 Å². The molecule has 0 fully saturated rings. The number of unbranched alkanes of at least 4 members (excludes halogenated alkanes) is 27. The van der Waals surface area contributed by atoms with Crippen molar-refractivity contribution < 1.29 is 28.6 Å². The molecule has 0 N–H and O–H groups in total. The zero-order valence-corrected chi connectivity index (χ0v) is 36.0. The number of allylic oxidation sites excluding steroid dienone is 4. The van der Waals surface area contributed by atoms with Crippen molar-refractivity contribution in [3.63, 3.8) is 0 Å². The topological polar surface area (TPSA) is 78.9 Å². The first-order chi connectivity index (χ1) is 26.5. The molecular formula is C48H88O6. The molecular weight excluding hydrogens is 673 g/mol. The van der Waals surface area contributed by atoms with E-state index in [4.69, 9.17) is 14.2 Å². The summed E-state index contributed by atoms with van der Waals surface area (Å²) in [5, 5.41) is 0. The Morgan fingerprint density at radius 3 is 1.02 bits per heavy atom. The quantitative estimate of drug-likeness (QED) is 0.0267. The third kappa shape index (κ3) is 41.1. The van der Waals surface area contributed by atoms with E-state index in [0.29, 0.717) is 19.3 Å². The second-order valence-electron chi connectivity index (χ2n) is 15.7. The normalized spacial score (nSPS) is 12.1. The highest BCUT2D eigenvalue weighted by Crippen LogP contribution is 2.14. The highest BCUT2D eigenvalue weighted by molar-refractivity contribution is 5.71. The van der Waals surface area contributed by atoms with Crippen molar-refractivity contribution in [3.8, 4) is 0 Å². The molecule has 0 saturated carbocycles. The lowest BCUT2D eigenvalue weighted by Crippen LogP contribution is -2.30. The van der Waals surface area contributed by atoms with E-state index in [1.165, 1.54) is 141 Å². The fourth-order valence-electron chi connectivity index (χ4n) is 6.65. The van der Waals surface area contributed by atoms with Crippen LogP contribution >= 0.6 is 0 Å². The Labute approximate surface area is 334 Å². The second-order valence-corrected chi connectivity index (χ2v) is 15.7. The van der Waals surface area contributed by atoms with Gasteiger partial charge in [-0.2, -0.15) is 0 Å². The average molecular weight is 761 g/mol. The summed E-state index contributed by atoms with van der Waals surface area (Å²) in [5.74, 6) is -0.882. The van der Waals surface area contributed by atoms with E-state index in [1.54, 1.807) is 0 Å². The maximum absolute atomic E-state index is 12.6. The molecule has 0 heterocycles. The second kappa shape index (κ2) is 43.6. The Balaban J connectivity index is 4.12. The lowest BCUT2D eigenvalue weighted by Gasteiger charge is -2.18. The van der Waals surface area contributed by atoms with Gasteiger partial charge in [-0.25, -0.2) is 0 Å². The molecule has 0 aromatic carbocycles. The lowest BCUT2D eigenvalue weighted by atomic mass is 10.1. The van der Waals surface area contributed by atoms with Gasteiger partial charge in [0.1, 0.15) is 13.2 Å². The third-order valence-corrected chi connectivity index (χ3v) is 10.2. The third-order valence-electron chi connectivity index (χ3n) is 10.2. The largest absolute Gasteiger partial charge is 0.462 e. The molecule has 0 radical (unpaired) electrons. The van der Waals surface area contributed by atoms with Gasteiger partial charge < -0.3 is 14.2 Å². The van der Waals surface area contributed by atoms with Gasteiger partial charge in [0.25, 0.3) is 0 Å². The number of hydrogen-bond acceptors (Lipinski definition) is 6. The van der Waals surface area contributed by atoms with E-state index in [0.717, 1.165) is 64.2 Å². The first kappa shape index (κ1) is 51.9. The zero-order valence-electron chi connectivity index (χ0n) is 36.0. The number of rotatable bonds is 42. The van der Waals surface area contributed by atoms with Crippen LogP contribution in [0.4, 0.5) is 0 Å². The maximum Gasteiger partial charge on any atom is 0.306 e. The van der Waals surface area contributed by atoms with Gasteiger partial charge in [-0.1, -0.05) is 199 Å². The number of carbonyl (C=O) groups excluding carboxylic acids is 3. The Hall–Kier alpha value is -2.11. The standard InChI is InChI=1S/C48H88O6/c1-4-7-10-13-16-18-19-20-21-22-23-24-25-26-27-28-29-31-32-35-38-41-47(50)53-44-45(43-52-46(49)40-37-34-15-12-9-6-3)54-48(51)42-39-36-33-30-17-14-11-8-5-2/h19-20,22-23,45H,4-18,21,24-44H2,1-3H3/b20-19-,23-22-. The van der Waals surface area contributed by atoms with Crippen LogP contribution < -0.4 is 0 Å². The van der Waals surface area contributed by atoms with E-state index in [1.807, 2.05) is 0 Å². The summed E-state index contributed by atoms with van der Waals surface area (Å²) >= 11 is 0. The smallest absolute Gasteiger partial charge is 0.306 e. The van der Waals surface area contributed by atoms with E-state index in [2.05, 4.69) is 45.1 Å². The summed E-state index contributed by atoms with van der Waals surface area (Å²) in [6.45, 7) is 6.55. The van der Waals surface area contributed by atoms with Crippen molar-refractivity contribution in [3.05, 3.63) is 24.3 Å². The van der Waals surface area contributed by atoms with Crippen LogP contribution in [0.1, 0.15) is 245 Å². The van der Waals surface area contributed by atoms with Gasteiger partial charge >= 0.3 is 17.9 Å². The van der Waals surface area contributed by atoms with Crippen LogP contribution in [0.15, 0.2) is 24.3 Å². The minimum Gasteiger partial charge on any atom is -0.462 e. The van der Waals surface area contributed by atoms with Gasteiger partial charge in [0.05, 0.1) is 0 Å². The van der Waals surface area contributed by atoms with Crippen LogP contribution in [-0.4, -0.2) is 37.2 Å². The van der Waals surface area contributed by atoms with E-state index in [9.17, 15) is 14.4 Å². The zero-order chi connectivity index (χ0) is 39.4. The van der Waals surface area contributed by atoms with Crippen molar-refractivity contribution in [2.75, 3.05) is 13.2 Å². The highest BCUT2D eigenvalue weighted by Gasteiger charge is 2.19. The molecule has 6 nitrogen and oxygen atoms in total. The number of carbonyl (C=O) groups is 3. The van der Waals surface area contributed by atoms with Gasteiger partial charge in [-0.3, -0.25) is 14.4 Å². The van der Waals surface area contributed by atoms with Crippen molar-refractivity contribution in [2.24, 2.45) is 0 Å². The number of hydrogen-bond donors (Lipinski definition) is 0. The number of esters is 3. The van der Waals surface area contributed by atoms with Crippen LogP contribution in [0.5, 0.6) is 0 Å². The van der Waals surface area contributed by atoms with Crippen LogP contribution in [0.3, 0.4) is 0 Å². The molecule has 316 valence electrons. The minimum atomic E-state index is -0.763. The van der Waals surface area contributed by atoms with Crippen LogP contribution in [-0.2, 0) is 28.6 Å². The molecule has 0 aliphatic carbocycles. The highest BCUT2D eigenvalue weighted by atomic mass is 16.6. The molecule has 6 heteroatoms. The predicted octanol–water partition coefficient (Wildman–Crippen LogP) is 14.8. The Morgan fingerprint density at radius 2 is 0.667 bits per heavy atom. The van der Waals surface area contributed by atoms with Crippen LogP contribution in [0, 0.1) is 0 Å². The summed E-state index contributed by atoms with van der Waals surface area (Å²) in [7, 11) is 0. The summed E-state index contributed by atoms with van der Waals surface area (Å²) in [5.41, 5.74) is 0. The summed E-state index contributed by atoms with van der Waals surface area (Å²) in [6, 6.07) is 0. The molecule has 54 heavy (non-hydrogen) atoms. The molecule has 0 aromatic rings. The number of ether oxygens (including phenoxy) is 3. The van der Waals surface area contributed by atoms with Crippen molar-refractivity contribution in [1.29, 1.82) is 0 Å². The molecule has 0 bridgehead atoms. The first-order valence-corrected chi connectivity index (χ1v) is 23.3. The molecule has 0 aliphatic heterocycles. The van der Waals surface area contributed by atoms with Crippen molar-refractivity contribution >= 4 is 17.9 Å². The maximum atomic E-state index is 12.6. The molecule has 0 saturated heterocycles. The van der Waals surface area contributed by atoms with E-state index in [-0.39, 0.29) is 31.1 Å². The first-order valence-electron chi connectivity index (χ1n) is 23.3. The average Bonchev–Trinajstić information content (AvgIpc) is 3.17. The minimum absolute atomic E-state index is 0.0703. The van der Waals surface area contributed by atoms with E-state index < -0.39 is 6.10 Å². The predicted molar refractivity (Wildman–Crippen MR) is 229 cm³/mol. The summed E-state index contributed by atoms with van der Waals surface area (Å²) < 4.78 is 16.6. The van der Waals surface area contributed by atoms with Gasteiger partial charge in [0, 0.05) is 19.3 Å². The molecule has 0 rings (SSSR count). The van der Waals surface area contributed by atoms with Crippen molar-refractivity contribution in [2.45, 2.75) is 252 Å². The van der Waals surface area contributed by atoms with E-state index >= 15 is 0 Å². The molecule has 0 aliphatic rings. The molecule has 0 spiro atoms. The molecule has 1 atom stereocenters. The molecule has 0 aromatic heterocycles. The Kier molecular flexibility index (Phi) is 41.9. The van der Waals surface area contributed by atoms with Crippen LogP contribution in [0.25, 0.3) is 0 Å². The molecule has 1 unspecified atom stereocenters. The Bertz CT molecular complexity index is 880. The van der Waals surface area contributed by atoms with Gasteiger partial charge in [-0.05, 0) is 51.4 Å². The van der Waals surface area contributed by atoms with Gasteiger partial charge in [0.2, 0.25) is 0 Å². The summed E-state index contributed by atoms with van der Waals surface area (Å²) in [4.78, 5) is 37.5. The Morgan fingerprint density at radius 1 is 0.370 bits per heavy atom. The van der Waals surface area contributed by atoms with Gasteiger partial charge in [-0.15, -0.1) is 0 Å².